The molecule has 5 N–H and O–H groups in total. The van der Waals surface area contributed by atoms with Gasteiger partial charge in [-0.1, -0.05) is 11.3 Å². The van der Waals surface area contributed by atoms with Gasteiger partial charge in [0.1, 0.15) is 11.8 Å². The Balaban J connectivity index is 2.02. The lowest BCUT2D eigenvalue weighted by molar-refractivity contribution is -0.274. The molecule has 2 aromatic rings. The van der Waals surface area contributed by atoms with Crippen LogP contribution in [-0.4, -0.2) is 41.3 Å². The number of aromatic nitrogens is 1. The van der Waals surface area contributed by atoms with Crippen molar-refractivity contribution >= 4 is 44.4 Å². The van der Waals surface area contributed by atoms with Crippen LogP contribution in [0, 0.1) is 0 Å². The second-order valence-corrected chi connectivity index (χ2v) is 6.62. The van der Waals surface area contributed by atoms with E-state index in [9.17, 15) is 27.6 Å². The fourth-order valence-electron chi connectivity index (χ4n) is 2.02. The molecule has 0 spiro atoms. The number of nitrogens with zero attached hydrogens (tertiary/aromatic N) is 1. The first-order valence-corrected chi connectivity index (χ1v) is 8.56. The highest BCUT2D eigenvalue weighted by Crippen LogP contribution is 2.31. The Morgan fingerprint density at radius 3 is 2.50 bits per heavy atom. The van der Waals surface area contributed by atoms with Gasteiger partial charge in [-0.2, -0.15) is 0 Å². The minimum Gasteiger partial charge on any atom is -0.406 e. The number of carbonyl (C=O) groups is 3. The van der Waals surface area contributed by atoms with Crippen LogP contribution in [0.5, 0.6) is 5.75 Å². The minimum atomic E-state index is -4.82. The van der Waals surface area contributed by atoms with Crippen molar-refractivity contribution in [1.29, 1.82) is 0 Å². The van der Waals surface area contributed by atoms with Crippen molar-refractivity contribution in [3.8, 4) is 5.75 Å². The van der Waals surface area contributed by atoms with Gasteiger partial charge in [-0.15, -0.1) is 13.2 Å². The maximum Gasteiger partial charge on any atom is 0.573 e. The van der Waals surface area contributed by atoms with E-state index >= 15 is 0 Å². The van der Waals surface area contributed by atoms with Crippen molar-refractivity contribution in [2.24, 2.45) is 5.73 Å². The molecule has 0 saturated carbocycles. The average molecular weight is 419 g/mol. The Bertz CT molecular complexity index is 901. The number of thiazole rings is 1. The minimum absolute atomic E-state index is 0.122. The number of nitrogens with two attached hydrogens (primary N) is 1. The summed E-state index contributed by atoms with van der Waals surface area (Å²) in [6.45, 7) is 2.57. The van der Waals surface area contributed by atoms with E-state index < -0.39 is 42.0 Å². The molecule has 9 nitrogen and oxygen atoms in total. The largest absolute Gasteiger partial charge is 0.573 e. The Morgan fingerprint density at radius 2 is 1.89 bits per heavy atom. The zero-order valence-electron chi connectivity index (χ0n) is 14.6. The monoisotopic (exact) mass is 419 g/mol. The summed E-state index contributed by atoms with van der Waals surface area (Å²) >= 11 is 0.932. The van der Waals surface area contributed by atoms with E-state index in [2.05, 4.69) is 25.7 Å². The standard InChI is InChI=1S/C15H16F3N5O4S/c1-6(20-13(26)11(19)21-7(2)24)12(25)23-14-22-9-4-3-8(5-10(9)28-14)27-15(16,17)18/h3-6,11H,19H2,1-2H3,(H,20,26)(H,21,24)(H,22,23,25). The Hall–Kier alpha value is -2.93. The number of halogens is 3. The van der Waals surface area contributed by atoms with Gasteiger partial charge in [0, 0.05) is 13.0 Å². The van der Waals surface area contributed by atoms with E-state index in [1.54, 1.807) is 0 Å². The van der Waals surface area contributed by atoms with Gasteiger partial charge in [-0.05, 0) is 19.1 Å². The molecule has 0 bridgehead atoms. The van der Waals surface area contributed by atoms with Crippen molar-refractivity contribution < 1.29 is 32.3 Å². The molecular weight excluding hydrogens is 403 g/mol. The van der Waals surface area contributed by atoms with Crippen molar-refractivity contribution in [3.63, 3.8) is 0 Å². The normalized spacial score (nSPS) is 13.5. The quantitative estimate of drug-likeness (QED) is 0.517. The van der Waals surface area contributed by atoms with Gasteiger partial charge >= 0.3 is 6.36 Å². The van der Waals surface area contributed by atoms with Crippen LogP contribution in [0.4, 0.5) is 18.3 Å². The number of hydrogen-bond acceptors (Lipinski definition) is 7. The predicted octanol–water partition coefficient (Wildman–Crippen LogP) is 1.06. The SMILES string of the molecule is CC(=O)NC(N)C(=O)NC(C)C(=O)Nc1nc2ccc(OC(F)(F)F)cc2s1. The molecule has 1 heterocycles. The number of hydrogen-bond donors (Lipinski definition) is 4. The summed E-state index contributed by atoms with van der Waals surface area (Å²) in [6, 6.07) is 2.56. The molecule has 28 heavy (non-hydrogen) atoms. The van der Waals surface area contributed by atoms with Crippen LogP contribution in [0.3, 0.4) is 0 Å². The molecular formula is C15H16F3N5O4S. The van der Waals surface area contributed by atoms with Crippen LogP contribution in [0.25, 0.3) is 10.2 Å². The molecule has 2 unspecified atom stereocenters. The van der Waals surface area contributed by atoms with Crippen molar-refractivity contribution in [2.75, 3.05) is 5.32 Å². The molecule has 0 saturated heterocycles. The van der Waals surface area contributed by atoms with Crippen LogP contribution in [0.1, 0.15) is 13.8 Å². The summed E-state index contributed by atoms with van der Waals surface area (Å²) in [6.07, 6.45) is -6.14. The zero-order valence-corrected chi connectivity index (χ0v) is 15.4. The first-order valence-electron chi connectivity index (χ1n) is 7.75. The third kappa shape index (κ3) is 6.06. The first kappa shape index (κ1) is 21.4. The molecule has 3 amide bonds. The summed E-state index contributed by atoms with van der Waals surface area (Å²) in [7, 11) is 0. The summed E-state index contributed by atoms with van der Waals surface area (Å²) in [5, 5.41) is 7.05. The molecule has 1 aromatic heterocycles. The highest BCUT2D eigenvalue weighted by molar-refractivity contribution is 7.22. The highest BCUT2D eigenvalue weighted by atomic mass is 32.1. The fourth-order valence-corrected chi connectivity index (χ4v) is 2.92. The molecule has 0 fully saturated rings. The molecule has 0 aliphatic heterocycles. The number of ether oxygens (including phenoxy) is 1. The molecule has 0 aliphatic rings. The number of nitrogens with one attached hydrogen (secondary N) is 3. The van der Waals surface area contributed by atoms with Crippen molar-refractivity contribution in [2.45, 2.75) is 32.4 Å². The average Bonchev–Trinajstić information content (AvgIpc) is 2.93. The maximum atomic E-state index is 12.3. The van der Waals surface area contributed by atoms with Gasteiger partial charge in [0.15, 0.2) is 11.3 Å². The summed E-state index contributed by atoms with van der Waals surface area (Å²) in [5.41, 5.74) is 5.81. The predicted molar refractivity (Wildman–Crippen MR) is 94.3 cm³/mol. The third-order valence-electron chi connectivity index (χ3n) is 3.22. The molecule has 0 aliphatic carbocycles. The van der Waals surface area contributed by atoms with Crippen LogP contribution in [0.2, 0.25) is 0 Å². The van der Waals surface area contributed by atoms with E-state index in [1.165, 1.54) is 19.9 Å². The van der Waals surface area contributed by atoms with Gasteiger partial charge in [-0.3, -0.25) is 14.4 Å². The number of anilines is 1. The maximum absolute atomic E-state index is 12.3. The molecule has 2 rings (SSSR count). The van der Waals surface area contributed by atoms with Crippen LogP contribution in [-0.2, 0) is 14.4 Å². The van der Waals surface area contributed by atoms with E-state index in [4.69, 9.17) is 5.73 Å². The Kier molecular flexibility index (Phi) is 6.41. The van der Waals surface area contributed by atoms with E-state index in [-0.39, 0.29) is 5.13 Å². The lowest BCUT2D eigenvalue weighted by Gasteiger charge is -2.17. The molecule has 1 aromatic carbocycles. The van der Waals surface area contributed by atoms with Crippen molar-refractivity contribution in [1.82, 2.24) is 15.6 Å². The lowest BCUT2D eigenvalue weighted by atomic mass is 10.3. The number of amides is 3. The van der Waals surface area contributed by atoms with Gasteiger partial charge in [0.2, 0.25) is 11.8 Å². The smallest absolute Gasteiger partial charge is 0.406 e. The second kappa shape index (κ2) is 8.39. The van der Waals surface area contributed by atoms with Gasteiger partial charge in [-0.25, -0.2) is 4.98 Å². The molecule has 2 atom stereocenters. The van der Waals surface area contributed by atoms with Crippen LogP contribution in [0.15, 0.2) is 18.2 Å². The number of alkyl halides is 3. The van der Waals surface area contributed by atoms with E-state index in [1.807, 2.05) is 0 Å². The van der Waals surface area contributed by atoms with Gasteiger partial charge in [0.05, 0.1) is 10.2 Å². The van der Waals surface area contributed by atoms with E-state index in [0.29, 0.717) is 10.2 Å². The fraction of sp³-hybridized carbons (Fsp3) is 0.333. The number of rotatable bonds is 6. The van der Waals surface area contributed by atoms with Crippen molar-refractivity contribution in [3.05, 3.63) is 18.2 Å². The van der Waals surface area contributed by atoms with Gasteiger partial charge < -0.3 is 26.4 Å². The topological polar surface area (TPSA) is 135 Å². The third-order valence-corrected chi connectivity index (χ3v) is 4.15. The van der Waals surface area contributed by atoms with E-state index in [0.717, 1.165) is 23.5 Å². The summed E-state index contributed by atoms with van der Waals surface area (Å²) < 4.78 is 41.0. The van der Waals surface area contributed by atoms with Gasteiger partial charge in [0.25, 0.3) is 5.91 Å². The van der Waals surface area contributed by atoms with Crippen LogP contribution < -0.4 is 26.4 Å². The first-order chi connectivity index (χ1) is 12.9. The zero-order chi connectivity index (χ0) is 21.1. The van der Waals surface area contributed by atoms with Crippen LogP contribution >= 0.6 is 11.3 Å². The summed E-state index contributed by atoms with van der Waals surface area (Å²) in [5.74, 6) is -2.32. The summed E-state index contributed by atoms with van der Waals surface area (Å²) in [4.78, 5) is 38.9. The lowest BCUT2D eigenvalue weighted by Crippen LogP contribution is -2.55. The molecule has 0 radical (unpaired) electrons. The number of carbonyl (C=O) groups excluding carboxylic acids is 3. The Morgan fingerprint density at radius 1 is 1.21 bits per heavy atom. The Labute approximate surface area is 160 Å². The number of benzene rings is 1. The second-order valence-electron chi connectivity index (χ2n) is 5.59. The highest BCUT2D eigenvalue weighted by Gasteiger charge is 2.31. The molecule has 13 heteroatoms. The molecule has 152 valence electrons. The number of fused-ring (bicyclic) bond motifs is 1.